The van der Waals surface area contributed by atoms with Crippen LogP contribution in [-0.4, -0.2) is 33.3 Å². The van der Waals surface area contributed by atoms with E-state index in [-0.39, 0.29) is 0 Å². The van der Waals surface area contributed by atoms with E-state index in [1.54, 1.807) is 6.20 Å². The maximum absolute atomic E-state index is 6.02. The summed E-state index contributed by atoms with van der Waals surface area (Å²) in [5.74, 6) is 1.22. The molecule has 6 nitrogen and oxygen atoms in total. The van der Waals surface area contributed by atoms with Crippen molar-refractivity contribution in [2.75, 3.05) is 23.7 Å². The van der Waals surface area contributed by atoms with Crippen molar-refractivity contribution in [3.63, 3.8) is 0 Å². The summed E-state index contributed by atoms with van der Waals surface area (Å²) in [6.45, 7) is 1.48. The fourth-order valence-corrected chi connectivity index (χ4v) is 3.35. The molecular weight excluding hydrogens is 372 g/mol. The van der Waals surface area contributed by atoms with Gasteiger partial charge < -0.3 is 15.6 Å². The average molecular weight is 393 g/mol. The third-order valence-electron chi connectivity index (χ3n) is 4.52. The molecule has 4 aromatic rings. The van der Waals surface area contributed by atoms with Gasteiger partial charge in [-0.2, -0.15) is 10.1 Å². The first kappa shape index (κ1) is 18.3. The normalized spacial score (nSPS) is 10.9. The summed E-state index contributed by atoms with van der Waals surface area (Å²) in [6.07, 6.45) is 5.41. The highest BCUT2D eigenvalue weighted by Gasteiger charge is 2.04. The molecule has 0 spiro atoms. The number of benzene rings is 2. The van der Waals surface area contributed by atoms with Gasteiger partial charge in [-0.25, -0.2) is 0 Å². The smallest absolute Gasteiger partial charge is 0.244 e. The first-order valence-corrected chi connectivity index (χ1v) is 9.62. The van der Waals surface area contributed by atoms with Crippen LogP contribution in [0.1, 0.15) is 11.1 Å². The van der Waals surface area contributed by atoms with Crippen LogP contribution in [0.5, 0.6) is 0 Å². The number of halogens is 1. The van der Waals surface area contributed by atoms with Crippen molar-refractivity contribution in [3.05, 3.63) is 77.1 Å². The van der Waals surface area contributed by atoms with Gasteiger partial charge >= 0.3 is 0 Å². The van der Waals surface area contributed by atoms with E-state index in [2.05, 4.69) is 61.3 Å². The number of nitrogens with one attached hydrogen (secondary N) is 3. The molecule has 0 amide bonds. The van der Waals surface area contributed by atoms with Crippen LogP contribution in [0.25, 0.3) is 10.9 Å². The zero-order valence-corrected chi connectivity index (χ0v) is 16.1. The molecular formula is C21H21ClN6. The zero-order valence-electron chi connectivity index (χ0n) is 15.3. The number of anilines is 2. The Morgan fingerprint density at radius 3 is 2.79 bits per heavy atom. The molecule has 142 valence electrons. The van der Waals surface area contributed by atoms with Crippen LogP contribution in [0.3, 0.4) is 0 Å². The second-order valence-electron chi connectivity index (χ2n) is 6.51. The summed E-state index contributed by atoms with van der Waals surface area (Å²) < 4.78 is 0. The summed E-state index contributed by atoms with van der Waals surface area (Å²) in [6, 6.07) is 16.2. The highest BCUT2D eigenvalue weighted by atomic mass is 35.5. The predicted octanol–water partition coefficient (Wildman–Crippen LogP) is 4.32. The molecule has 3 N–H and O–H groups in total. The van der Waals surface area contributed by atoms with Gasteiger partial charge in [0.2, 0.25) is 5.95 Å². The van der Waals surface area contributed by atoms with Crippen LogP contribution in [-0.2, 0) is 12.8 Å². The average Bonchev–Trinajstić information content (AvgIpc) is 3.12. The summed E-state index contributed by atoms with van der Waals surface area (Å²) in [7, 11) is 0. The standard InChI is InChI=1S/C21H21ClN6/c22-17-5-3-4-15(12-17)8-10-23-20-14-26-28-21(27-20)24-11-9-16-13-25-19-7-2-1-6-18(16)19/h1-7,12-14,25H,8-11H2,(H2,23,24,27,28). The largest absolute Gasteiger partial charge is 0.368 e. The molecule has 4 rings (SSSR count). The van der Waals surface area contributed by atoms with Crippen LogP contribution in [0.15, 0.2) is 60.9 Å². The van der Waals surface area contributed by atoms with Gasteiger partial charge in [-0.3, -0.25) is 0 Å². The minimum absolute atomic E-state index is 0.521. The van der Waals surface area contributed by atoms with Gasteiger partial charge in [0.25, 0.3) is 0 Å². The van der Waals surface area contributed by atoms with Crippen molar-refractivity contribution in [2.45, 2.75) is 12.8 Å². The molecule has 0 saturated carbocycles. The second-order valence-corrected chi connectivity index (χ2v) is 6.94. The van der Waals surface area contributed by atoms with Crippen molar-refractivity contribution in [1.82, 2.24) is 20.2 Å². The third-order valence-corrected chi connectivity index (χ3v) is 4.76. The van der Waals surface area contributed by atoms with Gasteiger partial charge in [0.1, 0.15) is 0 Å². The lowest BCUT2D eigenvalue weighted by atomic mass is 10.1. The van der Waals surface area contributed by atoms with Crippen molar-refractivity contribution in [1.29, 1.82) is 0 Å². The van der Waals surface area contributed by atoms with Crippen LogP contribution in [0, 0.1) is 0 Å². The summed E-state index contributed by atoms with van der Waals surface area (Å²) in [4.78, 5) is 7.77. The van der Waals surface area contributed by atoms with Crippen LogP contribution >= 0.6 is 11.6 Å². The molecule has 0 unspecified atom stereocenters. The lowest BCUT2D eigenvalue weighted by Crippen LogP contribution is -2.11. The Labute approximate surface area is 168 Å². The number of para-hydroxylation sites is 1. The molecule has 0 aliphatic rings. The minimum Gasteiger partial charge on any atom is -0.368 e. The van der Waals surface area contributed by atoms with E-state index in [1.165, 1.54) is 16.5 Å². The molecule has 0 aliphatic carbocycles. The molecule has 0 radical (unpaired) electrons. The highest BCUT2D eigenvalue weighted by molar-refractivity contribution is 6.30. The SMILES string of the molecule is Clc1cccc(CCNc2cnnc(NCCc3c[nH]c4ccccc34)n2)c1. The molecule has 0 saturated heterocycles. The van der Waals surface area contributed by atoms with Crippen LogP contribution in [0.2, 0.25) is 5.02 Å². The molecule has 2 aromatic carbocycles. The fourth-order valence-electron chi connectivity index (χ4n) is 3.14. The lowest BCUT2D eigenvalue weighted by Gasteiger charge is -2.08. The van der Waals surface area contributed by atoms with Crippen molar-refractivity contribution in [2.24, 2.45) is 0 Å². The quantitative estimate of drug-likeness (QED) is 0.416. The number of fused-ring (bicyclic) bond motifs is 1. The van der Waals surface area contributed by atoms with Crippen molar-refractivity contribution < 1.29 is 0 Å². The van der Waals surface area contributed by atoms with E-state index in [1.807, 2.05) is 24.3 Å². The van der Waals surface area contributed by atoms with Gasteiger partial charge in [-0.1, -0.05) is 41.9 Å². The Morgan fingerprint density at radius 2 is 1.86 bits per heavy atom. The van der Waals surface area contributed by atoms with E-state index < -0.39 is 0 Å². The monoisotopic (exact) mass is 392 g/mol. The van der Waals surface area contributed by atoms with Gasteiger partial charge in [0, 0.05) is 35.2 Å². The van der Waals surface area contributed by atoms with Crippen LogP contribution in [0.4, 0.5) is 11.8 Å². The molecule has 2 heterocycles. The molecule has 2 aromatic heterocycles. The summed E-state index contributed by atoms with van der Waals surface area (Å²) in [5.41, 5.74) is 3.60. The number of H-pyrrole nitrogens is 1. The molecule has 0 bridgehead atoms. The van der Waals surface area contributed by atoms with Crippen molar-refractivity contribution >= 4 is 34.3 Å². The number of hydrogen-bond acceptors (Lipinski definition) is 5. The topological polar surface area (TPSA) is 78.5 Å². The van der Waals surface area contributed by atoms with E-state index in [0.29, 0.717) is 11.8 Å². The number of aromatic amines is 1. The summed E-state index contributed by atoms with van der Waals surface area (Å²) >= 11 is 6.02. The Bertz CT molecular complexity index is 1060. The van der Waals surface area contributed by atoms with E-state index in [9.17, 15) is 0 Å². The zero-order chi connectivity index (χ0) is 19.2. The Morgan fingerprint density at radius 1 is 0.964 bits per heavy atom. The minimum atomic E-state index is 0.521. The molecule has 28 heavy (non-hydrogen) atoms. The maximum Gasteiger partial charge on any atom is 0.244 e. The molecule has 0 aliphatic heterocycles. The lowest BCUT2D eigenvalue weighted by molar-refractivity contribution is 0.917. The Kier molecular flexibility index (Phi) is 5.68. The third kappa shape index (κ3) is 4.58. The van der Waals surface area contributed by atoms with E-state index in [0.717, 1.165) is 36.5 Å². The first-order valence-electron chi connectivity index (χ1n) is 9.25. The van der Waals surface area contributed by atoms with Crippen molar-refractivity contribution in [3.8, 4) is 0 Å². The Hall–Kier alpha value is -3.12. The predicted molar refractivity (Wildman–Crippen MR) is 114 cm³/mol. The van der Waals surface area contributed by atoms with E-state index >= 15 is 0 Å². The fraction of sp³-hybridized carbons (Fsp3) is 0.190. The first-order chi connectivity index (χ1) is 13.8. The number of nitrogens with zero attached hydrogens (tertiary/aromatic N) is 3. The number of hydrogen-bond donors (Lipinski definition) is 3. The van der Waals surface area contributed by atoms with Crippen LogP contribution < -0.4 is 10.6 Å². The Balaban J connectivity index is 1.28. The van der Waals surface area contributed by atoms with Gasteiger partial charge in [0.05, 0.1) is 6.20 Å². The maximum atomic E-state index is 6.02. The van der Waals surface area contributed by atoms with E-state index in [4.69, 9.17) is 11.6 Å². The van der Waals surface area contributed by atoms with Gasteiger partial charge in [-0.05, 0) is 42.2 Å². The summed E-state index contributed by atoms with van der Waals surface area (Å²) in [5, 5.41) is 16.6. The van der Waals surface area contributed by atoms with Gasteiger partial charge in [0.15, 0.2) is 5.82 Å². The number of aromatic nitrogens is 4. The number of rotatable bonds is 8. The molecule has 0 atom stereocenters. The molecule has 0 fully saturated rings. The molecule has 7 heteroatoms. The highest BCUT2D eigenvalue weighted by Crippen LogP contribution is 2.18. The second kappa shape index (κ2) is 8.71. The van der Waals surface area contributed by atoms with Gasteiger partial charge in [-0.15, -0.1) is 5.10 Å².